The van der Waals surface area contributed by atoms with E-state index in [-0.39, 0.29) is 23.0 Å². The van der Waals surface area contributed by atoms with Crippen LogP contribution in [0.2, 0.25) is 0 Å². The van der Waals surface area contributed by atoms with Crippen LogP contribution in [-0.4, -0.2) is 38.7 Å². The van der Waals surface area contributed by atoms with Crippen LogP contribution in [0.25, 0.3) is 10.9 Å². The lowest BCUT2D eigenvalue weighted by Gasteiger charge is -2.10. The minimum absolute atomic E-state index is 0.0500. The minimum Gasteiger partial charge on any atom is -0.383 e. The van der Waals surface area contributed by atoms with E-state index < -0.39 is 12.7 Å². The Morgan fingerprint density at radius 3 is 2.76 bits per heavy atom. The highest BCUT2D eigenvalue weighted by atomic mass is 19.4. The molecule has 0 amide bonds. The van der Waals surface area contributed by atoms with E-state index in [1.165, 1.54) is 18.5 Å². The molecular formula is C21H18F4N8. The third-order valence-electron chi connectivity index (χ3n) is 4.61. The Labute approximate surface area is 185 Å². The third kappa shape index (κ3) is 5.53. The van der Waals surface area contributed by atoms with Gasteiger partial charge in [-0.05, 0) is 35.9 Å². The van der Waals surface area contributed by atoms with Crippen molar-refractivity contribution in [1.29, 1.82) is 0 Å². The number of aromatic nitrogens is 4. The molecule has 0 saturated heterocycles. The van der Waals surface area contributed by atoms with Crippen LogP contribution in [0, 0.1) is 5.82 Å². The normalized spacial score (nSPS) is 11.9. The van der Waals surface area contributed by atoms with Crippen LogP contribution in [0.5, 0.6) is 0 Å². The van der Waals surface area contributed by atoms with Crippen molar-refractivity contribution in [1.82, 2.24) is 25.2 Å². The lowest BCUT2D eigenvalue weighted by atomic mass is 10.2. The average Bonchev–Trinajstić information content (AvgIpc) is 3.14. The van der Waals surface area contributed by atoms with Gasteiger partial charge in [0.2, 0.25) is 0 Å². The van der Waals surface area contributed by atoms with Gasteiger partial charge in [0.25, 0.3) is 0 Å². The molecule has 0 aliphatic heterocycles. The predicted octanol–water partition coefficient (Wildman–Crippen LogP) is 3.83. The fraction of sp³-hybridized carbons (Fsp3) is 0.143. The number of anilines is 3. The predicted molar refractivity (Wildman–Crippen MR) is 117 cm³/mol. The molecular weight excluding hydrogens is 440 g/mol. The van der Waals surface area contributed by atoms with E-state index >= 15 is 0 Å². The second-order valence-corrected chi connectivity index (χ2v) is 7.06. The Hall–Kier alpha value is -4.22. The number of hydrogen-bond acceptors (Lipinski definition) is 7. The first-order chi connectivity index (χ1) is 15.8. The fourth-order valence-electron chi connectivity index (χ4n) is 3.12. The van der Waals surface area contributed by atoms with Crippen LogP contribution < -0.4 is 16.5 Å². The maximum atomic E-state index is 13.5. The smallest absolute Gasteiger partial charge is 0.383 e. The number of benzene rings is 2. The van der Waals surface area contributed by atoms with Gasteiger partial charge in [-0.3, -0.25) is 4.68 Å². The summed E-state index contributed by atoms with van der Waals surface area (Å²) in [7, 11) is 0. The summed E-state index contributed by atoms with van der Waals surface area (Å²) < 4.78 is 52.0. The van der Waals surface area contributed by atoms with Crippen molar-refractivity contribution in [2.45, 2.75) is 12.7 Å². The van der Waals surface area contributed by atoms with Gasteiger partial charge in [0.15, 0.2) is 0 Å². The van der Waals surface area contributed by atoms with Crippen LogP contribution in [0.1, 0.15) is 11.1 Å². The van der Waals surface area contributed by atoms with Crippen LogP contribution in [0.4, 0.5) is 34.9 Å². The summed E-state index contributed by atoms with van der Waals surface area (Å²) >= 11 is 0. The van der Waals surface area contributed by atoms with Crippen LogP contribution in [0.3, 0.4) is 0 Å². The number of alkyl halides is 3. The molecule has 0 aliphatic carbocycles. The molecule has 33 heavy (non-hydrogen) atoms. The Morgan fingerprint density at radius 1 is 1.12 bits per heavy atom. The zero-order valence-electron chi connectivity index (χ0n) is 17.0. The first kappa shape index (κ1) is 22.0. The second kappa shape index (κ2) is 9.10. The van der Waals surface area contributed by atoms with E-state index in [0.29, 0.717) is 12.2 Å². The number of nitrogens with two attached hydrogens (primary N) is 1. The molecule has 2 aromatic heterocycles. The van der Waals surface area contributed by atoms with Crippen molar-refractivity contribution in [2.24, 2.45) is 5.10 Å². The van der Waals surface area contributed by atoms with E-state index in [9.17, 15) is 17.6 Å². The van der Waals surface area contributed by atoms with Gasteiger partial charge in [-0.1, -0.05) is 12.1 Å². The fourth-order valence-corrected chi connectivity index (χ4v) is 3.12. The van der Waals surface area contributed by atoms with E-state index in [1.807, 2.05) is 23.6 Å². The van der Waals surface area contributed by atoms with Crippen molar-refractivity contribution >= 4 is 34.4 Å². The SMILES string of the molecule is Nc1ncnc(Nc2ccc3c(cnn3Cc3cccc(F)c3)c2)c1C=NNCC(F)(F)F. The molecule has 12 heteroatoms. The van der Waals surface area contributed by atoms with Gasteiger partial charge in [0, 0.05) is 11.1 Å². The highest BCUT2D eigenvalue weighted by Crippen LogP contribution is 2.24. The highest BCUT2D eigenvalue weighted by Gasteiger charge is 2.26. The number of nitrogen functional groups attached to an aromatic ring is 1. The first-order valence-electron chi connectivity index (χ1n) is 9.69. The molecule has 0 unspecified atom stereocenters. The van der Waals surface area contributed by atoms with Crippen LogP contribution >= 0.6 is 0 Å². The zero-order valence-corrected chi connectivity index (χ0v) is 17.0. The molecule has 4 aromatic rings. The Bertz CT molecular complexity index is 1300. The number of hydrazone groups is 1. The Morgan fingerprint density at radius 2 is 1.97 bits per heavy atom. The summed E-state index contributed by atoms with van der Waals surface area (Å²) in [6.45, 7) is -0.877. The van der Waals surface area contributed by atoms with Gasteiger partial charge in [0.1, 0.15) is 30.3 Å². The summed E-state index contributed by atoms with van der Waals surface area (Å²) in [4.78, 5) is 7.97. The largest absolute Gasteiger partial charge is 0.407 e. The molecule has 4 N–H and O–H groups in total. The third-order valence-corrected chi connectivity index (χ3v) is 4.61. The molecule has 170 valence electrons. The van der Waals surface area contributed by atoms with E-state index in [4.69, 9.17) is 5.73 Å². The second-order valence-electron chi connectivity index (χ2n) is 7.06. The average molecular weight is 458 g/mol. The van der Waals surface area contributed by atoms with Gasteiger partial charge in [-0.25, -0.2) is 14.4 Å². The molecule has 0 saturated carbocycles. The van der Waals surface area contributed by atoms with Crippen LogP contribution in [0.15, 0.2) is 60.1 Å². The molecule has 2 heterocycles. The van der Waals surface area contributed by atoms with Gasteiger partial charge in [-0.15, -0.1) is 0 Å². The molecule has 0 fully saturated rings. The van der Waals surface area contributed by atoms with Crippen LogP contribution in [-0.2, 0) is 6.54 Å². The summed E-state index contributed by atoms with van der Waals surface area (Å²) in [6.07, 6.45) is -0.365. The zero-order chi connectivity index (χ0) is 23.4. The maximum Gasteiger partial charge on any atom is 0.407 e. The quantitative estimate of drug-likeness (QED) is 0.221. The van der Waals surface area contributed by atoms with E-state index in [0.717, 1.165) is 22.7 Å². The molecule has 4 rings (SSSR count). The number of halogens is 4. The van der Waals surface area contributed by atoms with Crippen molar-refractivity contribution < 1.29 is 17.6 Å². The van der Waals surface area contributed by atoms with E-state index in [2.05, 4.69) is 25.5 Å². The summed E-state index contributed by atoms with van der Waals surface area (Å²) in [5.41, 5.74) is 10.3. The van der Waals surface area contributed by atoms with Crippen molar-refractivity contribution in [3.05, 3.63) is 71.9 Å². The molecule has 8 nitrogen and oxygen atoms in total. The van der Waals surface area contributed by atoms with Crippen molar-refractivity contribution in [3.8, 4) is 0 Å². The molecule has 0 spiro atoms. The number of nitrogens with zero attached hydrogens (tertiary/aromatic N) is 5. The molecule has 0 radical (unpaired) electrons. The standard InChI is InChI=1S/C21H18F4N8/c22-15-3-1-2-13(6-15)10-33-18-5-4-16(7-14(18)8-31-33)32-20-17(19(26)27-12-28-20)9-29-30-11-21(23,24)25/h1-9,12,30H,10-11H2,(H3,26,27,28,32). The minimum atomic E-state index is -4.40. The monoisotopic (exact) mass is 458 g/mol. The Balaban J connectivity index is 1.54. The number of nitrogens with one attached hydrogen (secondary N) is 2. The number of fused-ring (bicyclic) bond motifs is 1. The molecule has 2 aromatic carbocycles. The lowest BCUT2D eigenvalue weighted by Crippen LogP contribution is -2.25. The number of hydrogen-bond donors (Lipinski definition) is 3. The summed E-state index contributed by atoms with van der Waals surface area (Å²) in [5, 5.41) is 11.8. The maximum absolute atomic E-state index is 13.5. The van der Waals surface area contributed by atoms with Gasteiger partial charge in [-0.2, -0.15) is 23.4 Å². The van der Waals surface area contributed by atoms with Gasteiger partial charge >= 0.3 is 6.18 Å². The highest BCUT2D eigenvalue weighted by molar-refractivity contribution is 5.93. The number of rotatable bonds is 7. The van der Waals surface area contributed by atoms with E-state index in [1.54, 1.807) is 23.0 Å². The van der Waals surface area contributed by atoms with Gasteiger partial charge < -0.3 is 16.5 Å². The summed E-state index contributed by atoms with van der Waals surface area (Å²) in [6, 6.07) is 11.7. The van der Waals surface area contributed by atoms with Crippen molar-refractivity contribution in [2.75, 3.05) is 17.6 Å². The summed E-state index contributed by atoms with van der Waals surface area (Å²) in [5.74, 6) is 0.00753. The molecule has 0 bridgehead atoms. The topological polar surface area (TPSA) is 106 Å². The van der Waals surface area contributed by atoms with Crippen molar-refractivity contribution in [3.63, 3.8) is 0 Å². The lowest BCUT2D eigenvalue weighted by molar-refractivity contribution is -0.124. The molecule has 0 atom stereocenters. The van der Waals surface area contributed by atoms with Gasteiger partial charge in [0.05, 0.1) is 30.0 Å². The Kier molecular flexibility index (Phi) is 6.07. The first-order valence-corrected chi connectivity index (χ1v) is 9.69. The molecule has 0 aliphatic rings.